The zero-order valence-electron chi connectivity index (χ0n) is 16.1. The first-order valence-electron chi connectivity index (χ1n) is 9.31. The smallest absolute Gasteiger partial charge is 0.254 e. The predicted molar refractivity (Wildman–Crippen MR) is 117 cm³/mol. The standard InChI is InChI=1S/C19H19ClN6O2S2/c1-25-16(23-24-19(25)30-11-15(27)22-18-21-8-10-29-18)14-3-2-9-26(14)17(28)12-4-6-13(20)7-5-12/h4-8,10,14H,2-3,9,11H2,1H3,(H,21,22,27). The van der Waals surface area contributed by atoms with Gasteiger partial charge in [0.1, 0.15) is 0 Å². The number of nitrogens with zero attached hydrogens (tertiary/aromatic N) is 5. The first-order chi connectivity index (χ1) is 14.5. The van der Waals surface area contributed by atoms with Crippen LogP contribution in [0.1, 0.15) is 35.1 Å². The van der Waals surface area contributed by atoms with E-state index in [0.717, 1.165) is 18.7 Å². The van der Waals surface area contributed by atoms with Crippen LogP contribution in [-0.4, -0.2) is 48.8 Å². The van der Waals surface area contributed by atoms with Crippen LogP contribution in [0.2, 0.25) is 5.02 Å². The largest absolute Gasteiger partial charge is 0.328 e. The number of hydrogen-bond acceptors (Lipinski definition) is 7. The molecule has 3 aromatic rings. The van der Waals surface area contributed by atoms with E-state index < -0.39 is 0 Å². The van der Waals surface area contributed by atoms with Crippen LogP contribution in [0, 0.1) is 0 Å². The van der Waals surface area contributed by atoms with Crippen molar-refractivity contribution in [3.05, 3.63) is 52.3 Å². The summed E-state index contributed by atoms with van der Waals surface area (Å²) in [5, 5.41) is 14.9. The number of thiazole rings is 1. The Morgan fingerprint density at radius 2 is 2.10 bits per heavy atom. The molecule has 1 N–H and O–H groups in total. The van der Waals surface area contributed by atoms with Crippen molar-refractivity contribution in [3.8, 4) is 0 Å². The maximum absolute atomic E-state index is 13.0. The van der Waals surface area contributed by atoms with E-state index in [0.29, 0.717) is 27.4 Å². The van der Waals surface area contributed by atoms with Gasteiger partial charge >= 0.3 is 0 Å². The monoisotopic (exact) mass is 462 g/mol. The van der Waals surface area contributed by atoms with E-state index in [1.165, 1.54) is 23.1 Å². The maximum Gasteiger partial charge on any atom is 0.254 e. The van der Waals surface area contributed by atoms with E-state index in [9.17, 15) is 9.59 Å². The van der Waals surface area contributed by atoms with Crippen LogP contribution in [0.15, 0.2) is 41.0 Å². The molecule has 8 nitrogen and oxygen atoms in total. The van der Waals surface area contributed by atoms with Gasteiger partial charge in [-0.15, -0.1) is 21.5 Å². The minimum absolute atomic E-state index is 0.0470. The van der Waals surface area contributed by atoms with Gasteiger partial charge in [-0.05, 0) is 37.1 Å². The van der Waals surface area contributed by atoms with Crippen LogP contribution >= 0.6 is 34.7 Å². The number of amides is 2. The fourth-order valence-electron chi connectivity index (χ4n) is 3.35. The zero-order valence-corrected chi connectivity index (χ0v) is 18.5. The number of aromatic nitrogens is 4. The summed E-state index contributed by atoms with van der Waals surface area (Å²) in [5.74, 6) is 0.718. The number of halogens is 1. The van der Waals surface area contributed by atoms with E-state index in [-0.39, 0.29) is 23.6 Å². The fraction of sp³-hybridized carbons (Fsp3) is 0.316. The SMILES string of the molecule is Cn1c(SCC(=O)Nc2nccs2)nnc1C1CCCN1C(=O)c1ccc(Cl)cc1. The third-order valence-corrected chi connectivity index (χ3v) is 6.74. The third kappa shape index (κ3) is 4.50. The Labute approximate surface area is 186 Å². The highest BCUT2D eigenvalue weighted by Crippen LogP contribution is 2.33. The van der Waals surface area contributed by atoms with Crippen LogP contribution < -0.4 is 5.32 Å². The number of nitrogens with one attached hydrogen (secondary N) is 1. The molecule has 3 heterocycles. The van der Waals surface area contributed by atoms with Crippen molar-refractivity contribution in [2.75, 3.05) is 17.6 Å². The van der Waals surface area contributed by atoms with Crippen LogP contribution in [0.4, 0.5) is 5.13 Å². The molecule has 11 heteroatoms. The summed E-state index contributed by atoms with van der Waals surface area (Å²) < 4.78 is 1.86. The van der Waals surface area contributed by atoms with E-state index in [1.54, 1.807) is 35.8 Å². The molecule has 0 radical (unpaired) electrons. The van der Waals surface area contributed by atoms with Gasteiger partial charge in [0, 0.05) is 35.8 Å². The molecule has 1 fully saturated rings. The minimum atomic E-state index is -0.153. The van der Waals surface area contributed by atoms with Gasteiger partial charge in [-0.2, -0.15) is 0 Å². The number of likely N-dealkylation sites (tertiary alicyclic amines) is 1. The molecule has 1 atom stereocenters. The first-order valence-corrected chi connectivity index (χ1v) is 11.5. The van der Waals surface area contributed by atoms with Crippen LogP contribution in [-0.2, 0) is 11.8 Å². The molecule has 4 rings (SSSR count). The number of hydrogen-bond donors (Lipinski definition) is 1. The predicted octanol–water partition coefficient (Wildman–Crippen LogP) is 3.63. The van der Waals surface area contributed by atoms with Gasteiger partial charge in [-0.3, -0.25) is 9.59 Å². The van der Waals surface area contributed by atoms with Crippen LogP contribution in [0.3, 0.4) is 0 Å². The summed E-state index contributed by atoms with van der Waals surface area (Å²) in [6.07, 6.45) is 3.36. The summed E-state index contributed by atoms with van der Waals surface area (Å²) in [5.41, 5.74) is 0.599. The first kappa shape index (κ1) is 20.8. The topological polar surface area (TPSA) is 93.0 Å². The molecule has 0 spiro atoms. The number of rotatable bonds is 6. The van der Waals surface area contributed by atoms with Gasteiger partial charge in [0.25, 0.3) is 5.91 Å². The van der Waals surface area contributed by atoms with Crippen molar-refractivity contribution in [3.63, 3.8) is 0 Å². The number of anilines is 1. The van der Waals surface area contributed by atoms with Crippen LogP contribution in [0.5, 0.6) is 0 Å². The normalized spacial score (nSPS) is 16.1. The summed E-state index contributed by atoms with van der Waals surface area (Å²) in [7, 11) is 1.86. The molecule has 1 aliphatic heterocycles. The summed E-state index contributed by atoms with van der Waals surface area (Å²) in [4.78, 5) is 31.0. The van der Waals surface area contributed by atoms with Crippen LogP contribution in [0.25, 0.3) is 0 Å². The quantitative estimate of drug-likeness (QED) is 0.562. The Morgan fingerprint density at radius 1 is 1.30 bits per heavy atom. The zero-order chi connectivity index (χ0) is 21.1. The Balaban J connectivity index is 1.43. The summed E-state index contributed by atoms with van der Waals surface area (Å²) >= 11 is 8.60. The van der Waals surface area contributed by atoms with E-state index >= 15 is 0 Å². The molecule has 2 amide bonds. The number of carbonyl (C=O) groups excluding carboxylic acids is 2. The van der Waals surface area contributed by atoms with Gasteiger partial charge in [-0.25, -0.2) is 4.98 Å². The van der Waals surface area contributed by atoms with Gasteiger partial charge in [-0.1, -0.05) is 23.4 Å². The van der Waals surface area contributed by atoms with E-state index in [4.69, 9.17) is 11.6 Å². The molecule has 2 aromatic heterocycles. The molecule has 1 aromatic carbocycles. The maximum atomic E-state index is 13.0. The summed E-state index contributed by atoms with van der Waals surface area (Å²) in [6.45, 7) is 0.664. The second kappa shape index (κ2) is 9.15. The second-order valence-corrected chi connectivity index (χ2v) is 9.01. The van der Waals surface area contributed by atoms with Crippen molar-refractivity contribution in [2.45, 2.75) is 24.0 Å². The van der Waals surface area contributed by atoms with Gasteiger partial charge in [0.15, 0.2) is 16.1 Å². The number of thioether (sulfide) groups is 1. The lowest BCUT2D eigenvalue weighted by Gasteiger charge is -2.24. The molecule has 156 valence electrons. The Hall–Kier alpha value is -2.43. The molecule has 0 bridgehead atoms. The average Bonchev–Trinajstić information content (AvgIpc) is 3.48. The molecule has 0 saturated carbocycles. The third-order valence-electron chi connectivity index (χ3n) is 4.78. The number of carbonyl (C=O) groups is 2. The highest BCUT2D eigenvalue weighted by molar-refractivity contribution is 7.99. The van der Waals surface area contributed by atoms with Crippen molar-refractivity contribution in [1.82, 2.24) is 24.6 Å². The van der Waals surface area contributed by atoms with E-state index in [1.807, 2.05) is 16.5 Å². The lowest BCUT2D eigenvalue weighted by molar-refractivity contribution is -0.113. The second-order valence-electron chi connectivity index (χ2n) is 6.74. The Bertz CT molecular complexity index is 1040. The molecule has 1 saturated heterocycles. The lowest BCUT2D eigenvalue weighted by atomic mass is 10.1. The highest BCUT2D eigenvalue weighted by Gasteiger charge is 2.34. The van der Waals surface area contributed by atoms with Crippen molar-refractivity contribution < 1.29 is 9.59 Å². The molecule has 1 unspecified atom stereocenters. The van der Waals surface area contributed by atoms with Crippen molar-refractivity contribution >= 4 is 51.6 Å². The van der Waals surface area contributed by atoms with Gasteiger partial charge in [0.2, 0.25) is 5.91 Å². The fourth-order valence-corrected chi connectivity index (χ4v) is 4.74. The lowest BCUT2D eigenvalue weighted by Crippen LogP contribution is -2.31. The van der Waals surface area contributed by atoms with Gasteiger partial charge < -0.3 is 14.8 Å². The van der Waals surface area contributed by atoms with Crippen molar-refractivity contribution in [1.29, 1.82) is 0 Å². The summed E-state index contributed by atoms with van der Waals surface area (Å²) in [6, 6.07) is 6.75. The molecular formula is C19H19ClN6O2S2. The number of benzene rings is 1. The Morgan fingerprint density at radius 3 is 2.83 bits per heavy atom. The highest BCUT2D eigenvalue weighted by atomic mass is 35.5. The molecule has 1 aliphatic rings. The average molecular weight is 463 g/mol. The van der Waals surface area contributed by atoms with Gasteiger partial charge in [0.05, 0.1) is 11.8 Å². The van der Waals surface area contributed by atoms with Crippen molar-refractivity contribution in [2.24, 2.45) is 7.05 Å². The minimum Gasteiger partial charge on any atom is -0.328 e. The van der Waals surface area contributed by atoms with E-state index in [2.05, 4.69) is 20.5 Å². The molecular weight excluding hydrogens is 444 g/mol. The molecule has 0 aliphatic carbocycles. The Kier molecular flexibility index (Phi) is 6.35. The molecule has 30 heavy (non-hydrogen) atoms.